The number of nitrogens with two attached hydrogens (primary N) is 1. The van der Waals surface area contributed by atoms with E-state index in [1.54, 1.807) is 13.3 Å². The second-order valence-corrected chi connectivity index (χ2v) is 4.59. The van der Waals surface area contributed by atoms with Crippen molar-refractivity contribution in [3.05, 3.63) is 18.3 Å². The maximum absolute atomic E-state index is 5.83. The first-order valence-corrected chi connectivity index (χ1v) is 6.30. The molecule has 0 aliphatic heterocycles. The van der Waals surface area contributed by atoms with Crippen molar-refractivity contribution in [2.45, 2.75) is 31.7 Å². The summed E-state index contributed by atoms with van der Waals surface area (Å²) >= 11 is 0. The number of nitrogens with one attached hydrogen (secondary N) is 1. The SMILES string of the molecule is COc1ncccc1NC1CCCCC1CN. The van der Waals surface area contributed by atoms with Gasteiger partial charge in [0, 0.05) is 12.2 Å². The Labute approximate surface area is 103 Å². The van der Waals surface area contributed by atoms with E-state index in [9.17, 15) is 0 Å². The molecule has 0 radical (unpaired) electrons. The van der Waals surface area contributed by atoms with Gasteiger partial charge in [-0.3, -0.25) is 0 Å². The molecule has 0 bridgehead atoms. The number of rotatable bonds is 4. The Morgan fingerprint density at radius 1 is 1.47 bits per heavy atom. The molecule has 1 saturated carbocycles. The molecule has 1 fully saturated rings. The van der Waals surface area contributed by atoms with E-state index in [4.69, 9.17) is 10.5 Å². The lowest BCUT2D eigenvalue weighted by atomic mass is 9.84. The van der Waals surface area contributed by atoms with Gasteiger partial charge in [0.05, 0.1) is 12.8 Å². The van der Waals surface area contributed by atoms with Crippen molar-refractivity contribution in [1.82, 2.24) is 4.98 Å². The lowest BCUT2D eigenvalue weighted by Crippen LogP contribution is -2.36. The molecule has 2 unspecified atom stereocenters. The summed E-state index contributed by atoms with van der Waals surface area (Å²) in [4.78, 5) is 4.20. The molecule has 1 aliphatic rings. The van der Waals surface area contributed by atoms with Crippen LogP contribution < -0.4 is 15.8 Å². The minimum absolute atomic E-state index is 0.451. The summed E-state index contributed by atoms with van der Waals surface area (Å²) in [6, 6.07) is 4.38. The van der Waals surface area contributed by atoms with Crippen LogP contribution in [-0.2, 0) is 0 Å². The molecule has 0 saturated heterocycles. The smallest absolute Gasteiger partial charge is 0.237 e. The molecule has 4 nitrogen and oxygen atoms in total. The average molecular weight is 235 g/mol. The van der Waals surface area contributed by atoms with Gasteiger partial charge < -0.3 is 15.8 Å². The Morgan fingerprint density at radius 3 is 3.06 bits per heavy atom. The molecule has 94 valence electrons. The lowest BCUT2D eigenvalue weighted by Gasteiger charge is -2.32. The Morgan fingerprint density at radius 2 is 2.29 bits per heavy atom. The van der Waals surface area contributed by atoms with Gasteiger partial charge in [0.2, 0.25) is 5.88 Å². The fourth-order valence-corrected chi connectivity index (χ4v) is 2.54. The molecule has 1 aromatic rings. The molecular formula is C13H21N3O. The number of ether oxygens (including phenoxy) is 1. The third kappa shape index (κ3) is 2.88. The van der Waals surface area contributed by atoms with Gasteiger partial charge in [0.25, 0.3) is 0 Å². The maximum Gasteiger partial charge on any atom is 0.237 e. The summed E-state index contributed by atoms with van der Waals surface area (Å²) in [7, 11) is 1.65. The van der Waals surface area contributed by atoms with Gasteiger partial charge in [-0.1, -0.05) is 12.8 Å². The second-order valence-electron chi connectivity index (χ2n) is 4.59. The maximum atomic E-state index is 5.83. The van der Waals surface area contributed by atoms with Crippen LogP contribution >= 0.6 is 0 Å². The monoisotopic (exact) mass is 235 g/mol. The molecule has 1 aliphatic carbocycles. The number of nitrogens with zero attached hydrogens (tertiary/aromatic N) is 1. The molecule has 2 atom stereocenters. The van der Waals surface area contributed by atoms with Crippen molar-refractivity contribution in [3.63, 3.8) is 0 Å². The van der Waals surface area contributed by atoms with E-state index >= 15 is 0 Å². The van der Waals surface area contributed by atoms with Gasteiger partial charge in [-0.25, -0.2) is 4.98 Å². The highest BCUT2D eigenvalue weighted by Gasteiger charge is 2.24. The highest BCUT2D eigenvalue weighted by atomic mass is 16.5. The van der Waals surface area contributed by atoms with E-state index in [0.29, 0.717) is 17.8 Å². The van der Waals surface area contributed by atoms with Crippen LogP contribution in [0.15, 0.2) is 18.3 Å². The molecule has 0 spiro atoms. The molecule has 1 aromatic heterocycles. The van der Waals surface area contributed by atoms with Crippen molar-refractivity contribution in [2.24, 2.45) is 11.7 Å². The van der Waals surface area contributed by atoms with Gasteiger partial charge >= 0.3 is 0 Å². The summed E-state index contributed by atoms with van der Waals surface area (Å²) in [5.41, 5.74) is 6.80. The molecule has 0 aromatic carbocycles. The zero-order valence-corrected chi connectivity index (χ0v) is 10.4. The van der Waals surface area contributed by atoms with E-state index < -0.39 is 0 Å². The summed E-state index contributed by atoms with van der Waals surface area (Å²) in [6.45, 7) is 0.750. The van der Waals surface area contributed by atoms with Crippen LogP contribution in [0.25, 0.3) is 0 Å². The second kappa shape index (κ2) is 5.87. The minimum Gasteiger partial charge on any atom is -0.480 e. The van der Waals surface area contributed by atoms with Crippen LogP contribution in [0.5, 0.6) is 5.88 Å². The van der Waals surface area contributed by atoms with Gasteiger partial charge in [0.15, 0.2) is 0 Å². The number of methoxy groups -OCH3 is 1. The Bertz CT molecular complexity index is 356. The first-order valence-electron chi connectivity index (χ1n) is 6.30. The standard InChI is InChI=1S/C13H21N3O/c1-17-13-12(7-4-8-15-13)16-11-6-3-2-5-10(11)9-14/h4,7-8,10-11,16H,2-3,5-6,9,14H2,1H3. The summed E-state index contributed by atoms with van der Waals surface area (Å²) in [5.74, 6) is 1.22. The zero-order valence-electron chi connectivity index (χ0n) is 10.4. The largest absolute Gasteiger partial charge is 0.480 e. The quantitative estimate of drug-likeness (QED) is 0.838. The van der Waals surface area contributed by atoms with Gasteiger partial charge in [-0.15, -0.1) is 0 Å². The first kappa shape index (κ1) is 12.2. The van der Waals surface area contributed by atoms with Crippen LogP contribution in [0.2, 0.25) is 0 Å². The summed E-state index contributed by atoms with van der Waals surface area (Å²) in [5, 5.41) is 3.53. The fourth-order valence-electron chi connectivity index (χ4n) is 2.54. The average Bonchev–Trinajstić information content (AvgIpc) is 2.40. The fraction of sp³-hybridized carbons (Fsp3) is 0.615. The van der Waals surface area contributed by atoms with Crippen molar-refractivity contribution in [1.29, 1.82) is 0 Å². The van der Waals surface area contributed by atoms with Gasteiger partial charge in [-0.05, 0) is 37.4 Å². The summed E-state index contributed by atoms with van der Waals surface area (Å²) < 4.78 is 5.25. The number of aromatic nitrogens is 1. The van der Waals surface area contributed by atoms with Gasteiger partial charge in [0.1, 0.15) is 0 Å². The molecule has 4 heteroatoms. The van der Waals surface area contributed by atoms with Crippen LogP contribution in [0, 0.1) is 5.92 Å². The molecule has 0 amide bonds. The van der Waals surface area contributed by atoms with Crippen LogP contribution in [0.4, 0.5) is 5.69 Å². The Balaban J connectivity index is 2.08. The lowest BCUT2D eigenvalue weighted by molar-refractivity contribution is 0.330. The number of anilines is 1. The molecule has 1 heterocycles. The van der Waals surface area contributed by atoms with E-state index in [2.05, 4.69) is 10.3 Å². The Kier molecular flexibility index (Phi) is 4.20. The van der Waals surface area contributed by atoms with E-state index in [1.165, 1.54) is 25.7 Å². The number of pyridine rings is 1. The zero-order chi connectivity index (χ0) is 12.1. The molecule has 3 N–H and O–H groups in total. The minimum atomic E-state index is 0.451. The van der Waals surface area contributed by atoms with Crippen molar-refractivity contribution < 1.29 is 4.74 Å². The van der Waals surface area contributed by atoms with E-state index in [-0.39, 0.29) is 0 Å². The van der Waals surface area contributed by atoms with Crippen LogP contribution in [-0.4, -0.2) is 24.7 Å². The van der Waals surface area contributed by atoms with Gasteiger partial charge in [-0.2, -0.15) is 0 Å². The van der Waals surface area contributed by atoms with Crippen molar-refractivity contribution >= 4 is 5.69 Å². The normalized spacial score (nSPS) is 24.4. The molecular weight excluding hydrogens is 214 g/mol. The highest BCUT2D eigenvalue weighted by molar-refractivity contribution is 5.52. The first-order chi connectivity index (χ1) is 8.35. The van der Waals surface area contributed by atoms with Crippen LogP contribution in [0.1, 0.15) is 25.7 Å². The molecule has 2 rings (SSSR count). The highest BCUT2D eigenvalue weighted by Crippen LogP contribution is 2.29. The van der Waals surface area contributed by atoms with Crippen LogP contribution in [0.3, 0.4) is 0 Å². The summed E-state index contributed by atoms with van der Waals surface area (Å²) in [6.07, 6.45) is 6.71. The van der Waals surface area contributed by atoms with E-state index in [1.807, 2.05) is 12.1 Å². The third-order valence-electron chi connectivity index (χ3n) is 3.52. The predicted molar refractivity (Wildman–Crippen MR) is 69.2 cm³/mol. The topological polar surface area (TPSA) is 60.2 Å². The predicted octanol–water partition coefficient (Wildman–Crippen LogP) is 2.02. The Hall–Kier alpha value is -1.29. The number of hydrogen-bond donors (Lipinski definition) is 2. The molecule has 17 heavy (non-hydrogen) atoms. The van der Waals surface area contributed by atoms with Crippen molar-refractivity contribution in [3.8, 4) is 5.88 Å². The van der Waals surface area contributed by atoms with Crippen molar-refractivity contribution in [2.75, 3.05) is 19.0 Å². The van der Waals surface area contributed by atoms with E-state index in [0.717, 1.165) is 12.2 Å². The third-order valence-corrected chi connectivity index (χ3v) is 3.52. The number of hydrogen-bond acceptors (Lipinski definition) is 4.